The zero-order valence-electron chi connectivity index (χ0n) is 14.0. The number of allylic oxidation sites excluding steroid dienone is 1. The van der Waals surface area contributed by atoms with Crippen LogP contribution in [0.3, 0.4) is 0 Å². The van der Waals surface area contributed by atoms with Gasteiger partial charge in [-0.2, -0.15) is 10.1 Å². The van der Waals surface area contributed by atoms with Crippen LogP contribution < -0.4 is 15.4 Å². The average Bonchev–Trinajstić information content (AvgIpc) is 2.63. The van der Waals surface area contributed by atoms with Crippen molar-refractivity contribution >= 4 is 17.5 Å². The SMILES string of the molecule is COc1cccc(Nc2nncc(NCCC3=CCCCC3)n2)c1. The molecule has 0 amide bonds. The van der Waals surface area contributed by atoms with Crippen LogP contribution in [0.2, 0.25) is 0 Å². The average molecular weight is 325 g/mol. The number of rotatable bonds is 7. The molecule has 0 radical (unpaired) electrons. The Morgan fingerprint density at radius 2 is 2.21 bits per heavy atom. The van der Waals surface area contributed by atoms with Crippen molar-refractivity contribution in [3.8, 4) is 5.75 Å². The third-order valence-electron chi connectivity index (χ3n) is 4.02. The molecule has 0 spiro atoms. The summed E-state index contributed by atoms with van der Waals surface area (Å²) in [4.78, 5) is 4.45. The van der Waals surface area contributed by atoms with Crippen LogP contribution >= 0.6 is 0 Å². The standard InChI is InChI=1S/C18H23N5O/c1-24-16-9-5-8-15(12-16)21-18-22-17(13-20-23-18)19-11-10-14-6-3-2-4-7-14/h5-6,8-9,12-13H,2-4,7,10-11H2,1H3,(H2,19,21,22,23). The molecule has 0 unspecified atom stereocenters. The molecular formula is C18H23N5O. The van der Waals surface area contributed by atoms with Gasteiger partial charge in [-0.25, -0.2) is 0 Å². The molecule has 0 bridgehead atoms. The third kappa shape index (κ3) is 4.68. The highest BCUT2D eigenvalue weighted by Crippen LogP contribution is 2.21. The maximum atomic E-state index is 5.21. The Kier molecular flexibility index (Phi) is 5.61. The minimum atomic E-state index is 0.463. The molecule has 0 saturated heterocycles. The molecule has 1 heterocycles. The Bertz CT molecular complexity index is 701. The van der Waals surface area contributed by atoms with Crippen molar-refractivity contribution in [2.24, 2.45) is 0 Å². The zero-order valence-corrected chi connectivity index (χ0v) is 14.0. The number of nitrogens with zero attached hydrogens (tertiary/aromatic N) is 3. The highest BCUT2D eigenvalue weighted by molar-refractivity contribution is 5.56. The highest BCUT2D eigenvalue weighted by Gasteiger charge is 2.05. The lowest BCUT2D eigenvalue weighted by atomic mass is 9.97. The topological polar surface area (TPSA) is 72.0 Å². The van der Waals surface area contributed by atoms with Crippen LogP contribution in [-0.4, -0.2) is 28.8 Å². The van der Waals surface area contributed by atoms with Crippen LogP contribution in [0.15, 0.2) is 42.1 Å². The van der Waals surface area contributed by atoms with Crippen LogP contribution in [0.5, 0.6) is 5.75 Å². The molecule has 2 N–H and O–H groups in total. The van der Waals surface area contributed by atoms with Crippen molar-refractivity contribution in [3.63, 3.8) is 0 Å². The lowest BCUT2D eigenvalue weighted by Gasteiger charge is -2.13. The van der Waals surface area contributed by atoms with Crippen molar-refractivity contribution in [1.82, 2.24) is 15.2 Å². The van der Waals surface area contributed by atoms with E-state index in [0.29, 0.717) is 5.95 Å². The number of hydrogen-bond donors (Lipinski definition) is 2. The van der Waals surface area contributed by atoms with Gasteiger partial charge in [0.15, 0.2) is 5.82 Å². The molecule has 1 aromatic carbocycles. The molecule has 1 aromatic heterocycles. The maximum Gasteiger partial charge on any atom is 0.249 e. The summed E-state index contributed by atoms with van der Waals surface area (Å²) >= 11 is 0. The predicted molar refractivity (Wildman–Crippen MR) is 95.8 cm³/mol. The number of anilines is 3. The van der Waals surface area contributed by atoms with E-state index in [2.05, 4.69) is 31.9 Å². The van der Waals surface area contributed by atoms with Gasteiger partial charge in [-0.3, -0.25) is 0 Å². The highest BCUT2D eigenvalue weighted by atomic mass is 16.5. The molecule has 1 aliphatic carbocycles. The summed E-state index contributed by atoms with van der Waals surface area (Å²) in [6, 6.07) is 7.62. The number of methoxy groups -OCH3 is 1. The van der Waals surface area contributed by atoms with Gasteiger partial charge in [0.1, 0.15) is 5.75 Å². The van der Waals surface area contributed by atoms with Crippen molar-refractivity contribution in [2.45, 2.75) is 32.1 Å². The number of nitrogens with one attached hydrogen (secondary N) is 2. The zero-order chi connectivity index (χ0) is 16.6. The van der Waals surface area contributed by atoms with Crippen LogP contribution in [0, 0.1) is 0 Å². The summed E-state index contributed by atoms with van der Waals surface area (Å²) in [6.45, 7) is 0.864. The van der Waals surface area contributed by atoms with E-state index in [1.54, 1.807) is 18.9 Å². The smallest absolute Gasteiger partial charge is 0.249 e. The molecular weight excluding hydrogens is 302 g/mol. The van der Waals surface area contributed by atoms with Crippen LogP contribution in [0.25, 0.3) is 0 Å². The van der Waals surface area contributed by atoms with E-state index < -0.39 is 0 Å². The molecule has 1 aliphatic rings. The second kappa shape index (κ2) is 8.29. The summed E-state index contributed by atoms with van der Waals surface area (Å²) < 4.78 is 5.21. The number of benzene rings is 1. The van der Waals surface area contributed by atoms with E-state index in [4.69, 9.17) is 4.74 Å². The third-order valence-corrected chi connectivity index (χ3v) is 4.02. The van der Waals surface area contributed by atoms with E-state index in [0.717, 1.165) is 30.2 Å². The second-order valence-corrected chi connectivity index (χ2v) is 5.81. The molecule has 24 heavy (non-hydrogen) atoms. The first-order valence-corrected chi connectivity index (χ1v) is 8.36. The summed E-state index contributed by atoms with van der Waals surface area (Å²) in [5.74, 6) is 1.97. The van der Waals surface area contributed by atoms with Crippen LogP contribution in [-0.2, 0) is 0 Å². The van der Waals surface area contributed by atoms with Gasteiger partial charge < -0.3 is 15.4 Å². The van der Waals surface area contributed by atoms with Crippen molar-refractivity contribution < 1.29 is 4.74 Å². The van der Waals surface area contributed by atoms with E-state index in [9.17, 15) is 0 Å². The molecule has 0 saturated carbocycles. The van der Waals surface area contributed by atoms with E-state index >= 15 is 0 Å². The second-order valence-electron chi connectivity index (χ2n) is 5.81. The molecule has 2 aromatic rings. The van der Waals surface area contributed by atoms with Gasteiger partial charge in [0, 0.05) is 18.3 Å². The van der Waals surface area contributed by atoms with Crippen molar-refractivity contribution in [2.75, 3.05) is 24.3 Å². The monoisotopic (exact) mass is 325 g/mol. The van der Waals surface area contributed by atoms with Gasteiger partial charge in [0.05, 0.1) is 13.3 Å². The van der Waals surface area contributed by atoms with Gasteiger partial charge in [-0.1, -0.05) is 17.7 Å². The molecule has 0 aliphatic heterocycles. The van der Waals surface area contributed by atoms with E-state index in [1.807, 2.05) is 24.3 Å². The Labute approximate surface area is 142 Å². The van der Waals surface area contributed by atoms with Gasteiger partial charge in [0.25, 0.3) is 0 Å². The first-order valence-electron chi connectivity index (χ1n) is 8.36. The van der Waals surface area contributed by atoms with Crippen LogP contribution in [0.1, 0.15) is 32.1 Å². The molecule has 126 valence electrons. The molecule has 6 nitrogen and oxygen atoms in total. The minimum Gasteiger partial charge on any atom is -0.497 e. The molecule has 0 atom stereocenters. The Morgan fingerprint density at radius 1 is 1.25 bits per heavy atom. The Balaban J connectivity index is 1.56. The lowest BCUT2D eigenvalue weighted by molar-refractivity contribution is 0.415. The van der Waals surface area contributed by atoms with E-state index in [1.165, 1.54) is 25.7 Å². The Morgan fingerprint density at radius 3 is 3.04 bits per heavy atom. The summed E-state index contributed by atoms with van der Waals surface area (Å²) in [6.07, 6.45) is 10.2. The lowest BCUT2D eigenvalue weighted by Crippen LogP contribution is -2.08. The first-order chi connectivity index (χ1) is 11.8. The maximum absolute atomic E-state index is 5.21. The first kappa shape index (κ1) is 16.2. The minimum absolute atomic E-state index is 0.463. The normalized spacial score (nSPS) is 14.0. The van der Waals surface area contributed by atoms with Gasteiger partial charge >= 0.3 is 0 Å². The molecule has 0 fully saturated rings. The number of ether oxygens (including phenoxy) is 1. The quantitative estimate of drug-likeness (QED) is 0.752. The molecule has 6 heteroatoms. The fourth-order valence-corrected chi connectivity index (χ4v) is 2.75. The summed E-state index contributed by atoms with van der Waals surface area (Å²) in [5, 5.41) is 14.5. The Hall–Kier alpha value is -2.63. The largest absolute Gasteiger partial charge is 0.497 e. The van der Waals surface area contributed by atoms with Crippen LogP contribution in [0.4, 0.5) is 17.5 Å². The van der Waals surface area contributed by atoms with Gasteiger partial charge in [0.2, 0.25) is 5.95 Å². The summed E-state index contributed by atoms with van der Waals surface area (Å²) in [5.41, 5.74) is 2.41. The van der Waals surface area contributed by atoms with E-state index in [-0.39, 0.29) is 0 Å². The van der Waals surface area contributed by atoms with Crippen molar-refractivity contribution in [3.05, 3.63) is 42.1 Å². The molecule has 3 rings (SSSR count). The van der Waals surface area contributed by atoms with Gasteiger partial charge in [-0.15, -0.1) is 5.10 Å². The predicted octanol–water partition coefficient (Wildman–Crippen LogP) is 3.93. The fraction of sp³-hybridized carbons (Fsp3) is 0.389. The van der Waals surface area contributed by atoms with Gasteiger partial charge in [-0.05, 0) is 44.2 Å². The summed E-state index contributed by atoms with van der Waals surface area (Å²) in [7, 11) is 1.64. The van der Waals surface area contributed by atoms with Crippen molar-refractivity contribution in [1.29, 1.82) is 0 Å². The number of hydrogen-bond acceptors (Lipinski definition) is 6. The fourth-order valence-electron chi connectivity index (χ4n) is 2.75. The number of aromatic nitrogens is 3.